The van der Waals surface area contributed by atoms with E-state index in [1.54, 1.807) is 12.1 Å². The molecule has 4 rings (SSSR count). The number of ether oxygens (including phenoxy) is 3. The van der Waals surface area contributed by atoms with E-state index in [0.29, 0.717) is 28.6 Å². The number of carbonyl (C=O) groups is 3. The molecule has 0 aliphatic rings. The third kappa shape index (κ3) is 11.0. The van der Waals surface area contributed by atoms with Crippen LogP contribution in [0.2, 0.25) is 0 Å². The third-order valence-electron chi connectivity index (χ3n) is 7.06. The van der Waals surface area contributed by atoms with E-state index in [1.807, 2.05) is 0 Å². The first-order valence-corrected chi connectivity index (χ1v) is 15.6. The number of rotatable bonds is 20. The fraction of sp³-hybridized carbons (Fsp3) is 0.400. The zero-order chi connectivity index (χ0) is 31.7. The lowest BCUT2D eigenvalue weighted by Gasteiger charge is -2.17. The molecule has 0 saturated carbocycles. The molecule has 0 aliphatic carbocycles. The summed E-state index contributed by atoms with van der Waals surface area (Å²) < 4.78 is 26.9. The van der Waals surface area contributed by atoms with Crippen molar-refractivity contribution in [3.8, 4) is 0 Å². The smallest absolute Gasteiger partial charge is 0.355 e. The van der Waals surface area contributed by atoms with Crippen LogP contribution >= 0.6 is 0 Å². The Kier molecular flexibility index (Phi) is 13.4. The number of furan rings is 2. The van der Waals surface area contributed by atoms with Gasteiger partial charge in [0.05, 0.1) is 23.6 Å². The Morgan fingerprint density at radius 1 is 0.733 bits per heavy atom. The highest BCUT2D eigenvalue weighted by Gasteiger charge is 2.23. The van der Waals surface area contributed by atoms with Gasteiger partial charge in [0.2, 0.25) is 0 Å². The second kappa shape index (κ2) is 18.2. The van der Waals surface area contributed by atoms with Gasteiger partial charge in [0.1, 0.15) is 24.6 Å². The predicted molar refractivity (Wildman–Crippen MR) is 171 cm³/mol. The highest BCUT2D eigenvalue weighted by atomic mass is 16.6. The molecule has 2 N–H and O–H groups in total. The van der Waals surface area contributed by atoms with E-state index in [4.69, 9.17) is 23.0 Å². The number of aromatic nitrogens is 2. The van der Waals surface area contributed by atoms with Gasteiger partial charge in [-0.05, 0) is 38.5 Å². The maximum absolute atomic E-state index is 12.8. The van der Waals surface area contributed by atoms with Crippen molar-refractivity contribution in [3.63, 3.8) is 0 Å². The van der Waals surface area contributed by atoms with E-state index in [2.05, 4.69) is 53.3 Å². The van der Waals surface area contributed by atoms with Crippen molar-refractivity contribution in [3.05, 3.63) is 84.6 Å². The van der Waals surface area contributed by atoms with Crippen LogP contribution in [0.1, 0.15) is 92.1 Å². The van der Waals surface area contributed by atoms with Crippen molar-refractivity contribution >= 4 is 40.1 Å². The van der Waals surface area contributed by atoms with Crippen LogP contribution in [-0.2, 0) is 19.0 Å². The van der Waals surface area contributed by atoms with Crippen LogP contribution in [0, 0.1) is 0 Å². The molecule has 0 bridgehead atoms. The summed E-state index contributed by atoms with van der Waals surface area (Å²) in [7, 11) is 0. The van der Waals surface area contributed by atoms with Crippen molar-refractivity contribution in [1.29, 1.82) is 0 Å². The second-order valence-corrected chi connectivity index (χ2v) is 10.7. The Balaban J connectivity index is 1.14. The predicted octanol–water partition coefficient (Wildman–Crippen LogP) is 8.35. The maximum Gasteiger partial charge on any atom is 0.355 e. The molecule has 1 unspecified atom stereocenters. The number of fused-ring (bicyclic) bond motifs is 2. The van der Waals surface area contributed by atoms with Gasteiger partial charge in [-0.15, -0.1) is 0 Å². The molecule has 0 fully saturated rings. The molecule has 4 aromatic heterocycles. The summed E-state index contributed by atoms with van der Waals surface area (Å²) in [5.41, 5.74) is 2.67. The standard InChI is InChI=1S/C35H42N2O8/c1-2-3-4-5-6-7-8-9-10-11-12-13-14-15-16-17-33(38)43-24-26(45-35(40)30-23-32-28(37-30)19-21-42-32)25-44-34(39)29-22-31-27(36-29)18-20-41-31/h3-4,6-7,9-10,18-23,26,36-37H,2,5,8,11-17,24-25H2,1H3. The van der Waals surface area contributed by atoms with Gasteiger partial charge in [-0.2, -0.15) is 0 Å². The van der Waals surface area contributed by atoms with Gasteiger partial charge in [-0.3, -0.25) is 4.79 Å². The minimum Gasteiger partial charge on any atom is -0.463 e. The molecule has 45 heavy (non-hydrogen) atoms. The Morgan fingerprint density at radius 3 is 1.98 bits per heavy atom. The van der Waals surface area contributed by atoms with Crippen LogP contribution in [0.5, 0.6) is 0 Å². The van der Waals surface area contributed by atoms with Crippen molar-refractivity contribution in [2.75, 3.05) is 13.2 Å². The fourth-order valence-corrected chi connectivity index (χ4v) is 4.64. The molecule has 0 radical (unpaired) electrons. The van der Waals surface area contributed by atoms with Crippen LogP contribution in [-0.4, -0.2) is 47.2 Å². The fourth-order valence-electron chi connectivity index (χ4n) is 4.64. The first-order valence-electron chi connectivity index (χ1n) is 15.6. The molecule has 0 aliphatic heterocycles. The number of hydrogen-bond donors (Lipinski definition) is 2. The number of esters is 3. The van der Waals surface area contributed by atoms with Gasteiger partial charge >= 0.3 is 17.9 Å². The van der Waals surface area contributed by atoms with E-state index < -0.39 is 24.0 Å². The van der Waals surface area contributed by atoms with E-state index in [0.717, 1.165) is 51.4 Å². The summed E-state index contributed by atoms with van der Waals surface area (Å²) in [4.78, 5) is 43.6. The Morgan fingerprint density at radius 2 is 1.31 bits per heavy atom. The SMILES string of the molecule is CCC=CCC=CCC=CCCCCCCCC(=O)OCC(COC(=O)c1cc2occc2[nH]1)OC(=O)c1cc2occc2[nH]1. The molecule has 0 saturated heterocycles. The Labute approximate surface area is 262 Å². The summed E-state index contributed by atoms with van der Waals surface area (Å²) >= 11 is 0. The molecule has 0 spiro atoms. The molecule has 4 aromatic rings. The quantitative estimate of drug-likeness (QED) is 0.0436. The molecule has 0 aromatic carbocycles. The Hall–Kier alpha value is -4.73. The van der Waals surface area contributed by atoms with Crippen LogP contribution in [0.15, 0.2) is 82.1 Å². The summed E-state index contributed by atoms with van der Waals surface area (Å²) in [5.74, 6) is -1.75. The van der Waals surface area contributed by atoms with E-state index >= 15 is 0 Å². The number of hydrogen-bond acceptors (Lipinski definition) is 8. The monoisotopic (exact) mass is 618 g/mol. The zero-order valence-electron chi connectivity index (χ0n) is 25.8. The molecule has 0 amide bonds. The average Bonchev–Trinajstić information content (AvgIpc) is 3.82. The van der Waals surface area contributed by atoms with Gasteiger partial charge in [0, 0.05) is 30.7 Å². The van der Waals surface area contributed by atoms with Crippen LogP contribution in [0.25, 0.3) is 22.2 Å². The van der Waals surface area contributed by atoms with Crippen LogP contribution in [0.3, 0.4) is 0 Å². The van der Waals surface area contributed by atoms with Crippen LogP contribution in [0.4, 0.5) is 0 Å². The van der Waals surface area contributed by atoms with Crippen molar-refractivity contribution in [1.82, 2.24) is 9.97 Å². The average molecular weight is 619 g/mol. The van der Waals surface area contributed by atoms with E-state index in [-0.39, 0.29) is 31.0 Å². The van der Waals surface area contributed by atoms with Crippen molar-refractivity contribution in [2.24, 2.45) is 0 Å². The first kappa shape index (κ1) is 33.2. The minimum absolute atomic E-state index is 0.166. The first-order chi connectivity index (χ1) is 22.0. The number of nitrogens with one attached hydrogen (secondary N) is 2. The summed E-state index contributed by atoms with van der Waals surface area (Å²) in [5, 5.41) is 0. The number of carbonyl (C=O) groups excluding carboxylic acids is 3. The van der Waals surface area contributed by atoms with Gasteiger partial charge in [-0.25, -0.2) is 9.59 Å². The number of allylic oxidation sites excluding steroid dienone is 6. The molecule has 10 heteroatoms. The molecular weight excluding hydrogens is 576 g/mol. The lowest BCUT2D eigenvalue weighted by atomic mass is 10.1. The van der Waals surface area contributed by atoms with Crippen LogP contribution < -0.4 is 0 Å². The molecule has 240 valence electrons. The summed E-state index contributed by atoms with van der Waals surface area (Å²) in [6.07, 6.45) is 24.4. The van der Waals surface area contributed by atoms with Gasteiger partial charge < -0.3 is 33.0 Å². The third-order valence-corrected chi connectivity index (χ3v) is 7.06. The highest BCUT2D eigenvalue weighted by Crippen LogP contribution is 2.19. The molecule has 10 nitrogen and oxygen atoms in total. The van der Waals surface area contributed by atoms with Gasteiger partial charge in [0.25, 0.3) is 0 Å². The zero-order valence-corrected chi connectivity index (χ0v) is 25.8. The largest absolute Gasteiger partial charge is 0.463 e. The number of unbranched alkanes of at least 4 members (excludes halogenated alkanes) is 5. The van der Waals surface area contributed by atoms with Gasteiger partial charge in [0.15, 0.2) is 17.3 Å². The molecular formula is C35H42N2O8. The lowest BCUT2D eigenvalue weighted by molar-refractivity contribution is -0.147. The highest BCUT2D eigenvalue weighted by molar-refractivity contribution is 5.94. The van der Waals surface area contributed by atoms with Gasteiger partial charge in [-0.1, -0.05) is 62.6 Å². The number of aromatic amines is 2. The van der Waals surface area contributed by atoms with Crippen molar-refractivity contribution in [2.45, 2.75) is 77.2 Å². The van der Waals surface area contributed by atoms with Crippen molar-refractivity contribution < 1.29 is 37.4 Å². The van der Waals surface area contributed by atoms with E-state index in [1.165, 1.54) is 24.7 Å². The lowest BCUT2D eigenvalue weighted by Crippen LogP contribution is -2.31. The maximum atomic E-state index is 12.8. The molecule has 1 atom stereocenters. The summed E-state index contributed by atoms with van der Waals surface area (Å²) in [6, 6.07) is 6.42. The summed E-state index contributed by atoms with van der Waals surface area (Å²) in [6.45, 7) is 1.57. The molecule has 4 heterocycles. The topological polar surface area (TPSA) is 137 Å². The van der Waals surface area contributed by atoms with E-state index in [9.17, 15) is 14.4 Å². The second-order valence-electron chi connectivity index (χ2n) is 10.7. The number of H-pyrrole nitrogens is 2. The Bertz CT molecular complexity index is 1520. The normalized spacial score (nSPS) is 12.6. The minimum atomic E-state index is -1.01.